The van der Waals surface area contributed by atoms with E-state index in [1.807, 2.05) is 83.1 Å². The molecule has 0 radical (unpaired) electrons. The van der Waals surface area contributed by atoms with Gasteiger partial charge in [0.2, 0.25) is 0 Å². The Morgan fingerprint density at radius 3 is 1.70 bits per heavy atom. The van der Waals surface area contributed by atoms with Crippen LogP contribution in [0.1, 0.15) is 50.5 Å². The minimum absolute atomic E-state index is 0.288. The molecule has 0 amide bonds. The lowest BCUT2D eigenvalue weighted by Gasteiger charge is -2.04. The van der Waals surface area contributed by atoms with Crippen LogP contribution >= 0.6 is 12.6 Å². The Kier molecular flexibility index (Phi) is 18.7. The van der Waals surface area contributed by atoms with E-state index in [1.54, 1.807) is 12.1 Å². The minimum atomic E-state index is -0.288. The number of thiol groups is 1. The Bertz CT molecular complexity index is 470. The maximum Gasteiger partial charge on any atom is 0.338 e. The van der Waals surface area contributed by atoms with E-state index in [1.165, 1.54) is 0 Å². The summed E-state index contributed by atoms with van der Waals surface area (Å²) in [4.78, 5) is 11.6. The van der Waals surface area contributed by atoms with Gasteiger partial charge in [0.15, 0.2) is 0 Å². The van der Waals surface area contributed by atoms with Gasteiger partial charge < -0.3 is 4.74 Å². The molecule has 2 aromatic carbocycles. The van der Waals surface area contributed by atoms with Crippen LogP contribution in [-0.4, -0.2) is 11.7 Å². The molecule has 0 bridgehead atoms. The van der Waals surface area contributed by atoms with Gasteiger partial charge in [0.25, 0.3) is 0 Å². The third-order valence-corrected chi connectivity index (χ3v) is 2.22. The van der Waals surface area contributed by atoms with Crippen molar-refractivity contribution < 1.29 is 9.53 Å². The van der Waals surface area contributed by atoms with Crippen LogP contribution in [0.2, 0.25) is 0 Å². The molecular weight excluding hydrogens is 304 g/mol. The Morgan fingerprint density at radius 2 is 1.26 bits per heavy atom. The van der Waals surface area contributed by atoms with Gasteiger partial charge in [-0.2, -0.15) is 12.6 Å². The number of benzene rings is 2. The Balaban J connectivity index is 0. The molecule has 0 atom stereocenters. The third kappa shape index (κ3) is 12.5. The molecule has 0 saturated heterocycles. The predicted molar refractivity (Wildman–Crippen MR) is 104 cm³/mol. The second-order valence-corrected chi connectivity index (χ2v) is 4.38. The zero-order valence-corrected chi connectivity index (χ0v) is 15.8. The van der Waals surface area contributed by atoms with Crippen LogP contribution < -0.4 is 0 Å². The maximum atomic E-state index is 11.6. The zero-order valence-electron chi connectivity index (χ0n) is 15.0. The van der Waals surface area contributed by atoms with E-state index in [0.29, 0.717) is 12.2 Å². The van der Waals surface area contributed by atoms with E-state index in [-0.39, 0.29) is 5.97 Å². The average Bonchev–Trinajstić information content (AvgIpc) is 2.65. The highest BCUT2D eigenvalue weighted by atomic mass is 32.1. The molecule has 3 heteroatoms. The van der Waals surface area contributed by atoms with Gasteiger partial charge in [0, 0.05) is 0 Å². The first-order valence-electron chi connectivity index (χ1n) is 8.15. The third-order valence-electron chi connectivity index (χ3n) is 2.22. The first-order valence-corrected chi connectivity index (χ1v) is 8.78. The van der Waals surface area contributed by atoms with E-state index in [4.69, 9.17) is 4.74 Å². The van der Waals surface area contributed by atoms with Gasteiger partial charge in [-0.1, -0.05) is 83.1 Å². The maximum absolute atomic E-state index is 11.6. The number of carbonyl (C=O) groups is 1. The van der Waals surface area contributed by atoms with Crippen LogP contribution in [0.15, 0.2) is 60.7 Å². The molecule has 0 aliphatic carbocycles. The highest BCUT2D eigenvalue weighted by Crippen LogP contribution is 2.05. The molecule has 0 N–H and O–H groups in total. The highest BCUT2D eigenvalue weighted by molar-refractivity contribution is 7.80. The number of hydrogen-bond acceptors (Lipinski definition) is 3. The summed E-state index contributed by atoms with van der Waals surface area (Å²) < 4.78 is 5.18. The standard InChI is InChI=1S/C14H12O2.C2H6S.2C2H6/c15-14(13-9-5-2-6-10-13)16-11-12-7-3-1-4-8-12;1-2-3;2*1-2/h1-10H,11H2;3H,2H2,1H3;2*1-2H3. The number of carbonyl (C=O) groups excluding carboxylic acids is 1. The largest absolute Gasteiger partial charge is 0.457 e. The first kappa shape index (κ1) is 23.5. The lowest BCUT2D eigenvalue weighted by Crippen LogP contribution is -2.04. The molecule has 0 fully saturated rings. The molecule has 0 aliphatic heterocycles. The Hall–Kier alpha value is -1.74. The summed E-state index contributed by atoms with van der Waals surface area (Å²) in [5.74, 6) is 0.657. The summed E-state index contributed by atoms with van der Waals surface area (Å²) >= 11 is 3.79. The Morgan fingerprint density at radius 1 is 0.870 bits per heavy atom. The number of rotatable bonds is 3. The lowest BCUT2D eigenvalue weighted by atomic mass is 10.2. The minimum Gasteiger partial charge on any atom is -0.457 e. The summed E-state index contributed by atoms with van der Waals surface area (Å²) in [5.41, 5.74) is 1.57. The fourth-order valence-electron chi connectivity index (χ4n) is 1.38. The molecule has 2 rings (SSSR count). The van der Waals surface area contributed by atoms with Crippen LogP contribution in [-0.2, 0) is 11.3 Å². The lowest BCUT2D eigenvalue weighted by molar-refractivity contribution is 0.0472. The van der Waals surface area contributed by atoms with Crippen molar-refractivity contribution in [2.45, 2.75) is 41.2 Å². The molecule has 0 heterocycles. The second kappa shape index (κ2) is 18.3. The molecule has 0 unspecified atom stereocenters. The summed E-state index contributed by atoms with van der Waals surface area (Å²) in [5, 5.41) is 0. The fraction of sp³-hybridized carbons (Fsp3) is 0.350. The average molecular weight is 335 g/mol. The van der Waals surface area contributed by atoms with Gasteiger partial charge >= 0.3 is 5.97 Å². The highest BCUT2D eigenvalue weighted by Gasteiger charge is 2.05. The summed E-state index contributed by atoms with van der Waals surface area (Å²) in [7, 11) is 0. The van der Waals surface area contributed by atoms with Gasteiger partial charge in [-0.25, -0.2) is 4.79 Å². The van der Waals surface area contributed by atoms with E-state index in [9.17, 15) is 4.79 Å². The Labute approximate surface area is 147 Å². The quantitative estimate of drug-likeness (QED) is 0.547. The number of ether oxygens (including phenoxy) is 1. The molecule has 2 nitrogen and oxygen atoms in total. The molecule has 0 saturated carbocycles. The predicted octanol–water partition coefficient (Wildman–Crippen LogP) is 6.03. The summed E-state index contributed by atoms with van der Waals surface area (Å²) in [6.07, 6.45) is 0. The van der Waals surface area contributed by atoms with Gasteiger partial charge in [0.05, 0.1) is 5.56 Å². The normalized spacial score (nSPS) is 8.09. The van der Waals surface area contributed by atoms with Crippen molar-refractivity contribution >= 4 is 18.6 Å². The van der Waals surface area contributed by atoms with Gasteiger partial charge in [0.1, 0.15) is 6.61 Å². The van der Waals surface area contributed by atoms with Crippen LogP contribution in [0.3, 0.4) is 0 Å². The van der Waals surface area contributed by atoms with Crippen molar-refractivity contribution in [2.75, 3.05) is 5.75 Å². The number of esters is 1. The van der Waals surface area contributed by atoms with Crippen molar-refractivity contribution in [3.63, 3.8) is 0 Å². The van der Waals surface area contributed by atoms with Crippen molar-refractivity contribution in [3.05, 3.63) is 71.8 Å². The first-order chi connectivity index (χ1) is 11.3. The van der Waals surface area contributed by atoms with E-state index in [2.05, 4.69) is 12.6 Å². The molecular formula is C20H30O2S. The molecule has 128 valence electrons. The summed E-state index contributed by atoms with van der Waals surface area (Å²) in [6.45, 7) is 10.3. The zero-order chi connectivity index (χ0) is 17.9. The van der Waals surface area contributed by atoms with Crippen molar-refractivity contribution in [1.82, 2.24) is 0 Å². The second-order valence-electron chi connectivity index (χ2n) is 3.74. The molecule has 2 aromatic rings. The molecule has 0 aromatic heterocycles. The summed E-state index contributed by atoms with van der Waals surface area (Å²) in [6, 6.07) is 18.6. The topological polar surface area (TPSA) is 26.3 Å². The van der Waals surface area contributed by atoms with Crippen molar-refractivity contribution in [3.8, 4) is 0 Å². The van der Waals surface area contributed by atoms with Gasteiger partial charge in [-0.05, 0) is 23.4 Å². The van der Waals surface area contributed by atoms with Crippen LogP contribution in [0.4, 0.5) is 0 Å². The smallest absolute Gasteiger partial charge is 0.338 e. The molecule has 0 aliphatic rings. The molecule has 0 spiro atoms. The number of hydrogen-bond donors (Lipinski definition) is 1. The molecule has 23 heavy (non-hydrogen) atoms. The fourth-order valence-corrected chi connectivity index (χ4v) is 1.38. The van der Waals surface area contributed by atoms with Crippen molar-refractivity contribution in [1.29, 1.82) is 0 Å². The van der Waals surface area contributed by atoms with E-state index < -0.39 is 0 Å². The van der Waals surface area contributed by atoms with Crippen molar-refractivity contribution in [2.24, 2.45) is 0 Å². The van der Waals surface area contributed by atoms with Crippen LogP contribution in [0.25, 0.3) is 0 Å². The monoisotopic (exact) mass is 334 g/mol. The SMILES string of the molecule is CC.CC.CCS.O=C(OCc1ccccc1)c1ccccc1. The van der Waals surface area contributed by atoms with Gasteiger partial charge in [-0.3, -0.25) is 0 Å². The van der Waals surface area contributed by atoms with Crippen LogP contribution in [0.5, 0.6) is 0 Å². The van der Waals surface area contributed by atoms with Crippen LogP contribution in [0, 0.1) is 0 Å². The van der Waals surface area contributed by atoms with Gasteiger partial charge in [-0.15, -0.1) is 0 Å². The van der Waals surface area contributed by atoms with E-state index in [0.717, 1.165) is 11.3 Å². The van der Waals surface area contributed by atoms with E-state index >= 15 is 0 Å².